The summed E-state index contributed by atoms with van der Waals surface area (Å²) in [7, 11) is 0.978. The molecule has 1 aromatic carbocycles. The number of likely N-dealkylation sites (tertiary alicyclic amines) is 1. The van der Waals surface area contributed by atoms with Gasteiger partial charge in [-0.25, -0.2) is 8.42 Å². The number of nitrogens with zero attached hydrogens (tertiary/aromatic N) is 3. The van der Waals surface area contributed by atoms with Gasteiger partial charge in [0.05, 0.1) is 19.1 Å². The first-order valence-electron chi connectivity index (χ1n) is 12.6. The Morgan fingerprint density at radius 1 is 1.06 bits per heavy atom. The molecule has 3 fully saturated rings. The van der Waals surface area contributed by atoms with Gasteiger partial charge in [0.2, 0.25) is 15.9 Å². The fraction of sp³-hybridized carbons (Fsp3) is 0.720. The number of hydrogen-bond acceptors (Lipinski definition) is 6. The minimum atomic E-state index is -3.90. The highest BCUT2D eigenvalue weighted by atomic mass is 32.2. The highest BCUT2D eigenvalue weighted by Crippen LogP contribution is 2.44. The summed E-state index contributed by atoms with van der Waals surface area (Å²) in [6.45, 7) is 5.13. The zero-order valence-electron chi connectivity index (χ0n) is 20.9. The number of carbonyl (C=O) groups is 1. The molecule has 2 saturated heterocycles. The van der Waals surface area contributed by atoms with Gasteiger partial charge >= 0.3 is 0 Å². The molecule has 3 atom stereocenters. The van der Waals surface area contributed by atoms with E-state index >= 15 is 0 Å². The van der Waals surface area contributed by atoms with Crippen LogP contribution in [0.3, 0.4) is 0 Å². The van der Waals surface area contributed by atoms with Gasteiger partial charge in [0.1, 0.15) is 6.04 Å². The number of sulfonamides is 1. The molecule has 0 bridgehead atoms. The van der Waals surface area contributed by atoms with Crippen LogP contribution in [0.2, 0.25) is 0 Å². The van der Waals surface area contributed by atoms with Crippen LogP contribution in [0.1, 0.15) is 51.9 Å². The maximum atomic E-state index is 14.0. The minimum absolute atomic E-state index is 0.0617. The van der Waals surface area contributed by atoms with Crippen LogP contribution in [0.15, 0.2) is 23.1 Å². The second-order valence-corrected chi connectivity index (χ2v) is 11.7. The van der Waals surface area contributed by atoms with Crippen LogP contribution in [0.4, 0.5) is 0 Å². The van der Waals surface area contributed by atoms with Crippen LogP contribution in [0.5, 0.6) is 11.5 Å². The third-order valence-corrected chi connectivity index (χ3v) is 10.1. The Bertz CT molecular complexity index is 977. The number of rotatable bonds is 7. The monoisotopic (exact) mass is 493 g/mol. The summed E-state index contributed by atoms with van der Waals surface area (Å²) in [4.78, 5) is 18.2. The van der Waals surface area contributed by atoms with Crippen LogP contribution < -0.4 is 9.47 Å². The number of likely N-dealkylation sites (N-methyl/N-ethyl adjacent to an activating group) is 1. The molecule has 8 nitrogen and oxygen atoms in total. The molecule has 1 aromatic rings. The van der Waals surface area contributed by atoms with Crippen LogP contribution in [-0.2, 0) is 14.8 Å². The van der Waals surface area contributed by atoms with Gasteiger partial charge in [0, 0.05) is 38.3 Å². The highest BCUT2D eigenvalue weighted by molar-refractivity contribution is 7.89. The number of ether oxygens (including phenoxy) is 2. The Morgan fingerprint density at radius 3 is 2.38 bits per heavy atom. The first-order valence-corrected chi connectivity index (χ1v) is 14.0. The van der Waals surface area contributed by atoms with Gasteiger partial charge in [-0.05, 0) is 56.7 Å². The van der Waals surface area contributed by atoms with Gasteiger partial charge < -0.3 is 19.3 Å². The Balaban J connectivity index is 1.63. The fourth-order valence-corrected chi connectivity index (χ4v) is 8.00. The summed E-state index contributed by atoms with van der Waals surface area (Å²) in [6.07, 6.45) is 6.33. The van der Waals surface area contributed by atoms with Crippen molar-refractivity contribution in [3.05, 3.63) is 18.2 Å². The highest BCUT2D eigenvalue weighted by Gasteiger charge is 2.52. The summed E-state index contributed by atoms with van der Waals surface area (Å²) in [6, 6.07) is 4.05. The molecule has 3 aliphatic rings. The fourth-order valence-electron chi connectivity index (χ4n) is 6.11. The maximum Gasteiger partial charge on any atom is 0.244 e. The Kier molecular flexibility index (Phi) is 7.74. The maximum absolute atomic E-state index is 14.0. The van der Waals surface area contributed by atoms with E-state index in [2.05, 4.69) is 11.8 Å². The molecule has 0 unspecified atom stereocenters. The molecule has 1 amide bonds. The molecule has 1 aliphatic carbocycles. The van der Waals surface area contributed by atoms with Gasteiger partial charge in [0.15, 0.2) is 11.5 Å². The molecule has 2 heterocycles. The molecular formula is C25H39N3O5S. The number of piperidine rings is 1. The van der Waals surface area contributed by atoms with Crippen LogP contribution in [0.25, 0.3) is 0 Å². The van der Waals surface area contributed by atoms with Crippen molar-refractivity contribution in [2.24, 2.45) is 5.92 Å². The van der Waals surface area contributed by atoms with Crippen molar-refractivity contribution in [3.63, 3.8) is 0 Å². The Labute approximate surface area is 204 Å². The van der Waals surface area contributed by atoms with Crippen LogP contribution in [-0.4, -0.2) is 87.5 Å². The first-order chi connectivity index (χ1) is 16.3. The van der Waals surface area contributed by atoms with Crippen LogP contribution >= 0.6 is 0 Å². The third-order valence-electron chi connectivity index (χ3n) is 8.14. The summed E-state index contributed by atoms with van der Waals surface area (Å²) in [5, 5.41) is 0. The van der Waals surface area contributed by atoms with Crippen molar-refractivity contribution in [3.8, 4) is 11.5 Å². The summed E-state index contributed by atoms with van der Waals surface area (Å²) in [5.41, 5.74) is 0. The Hall–Kier alpha value is -1.84. The second kappa shape index (κ2) is 10.4. The summed E-state index contributed by atoms with van der Waals surface area (Å²) in [5.74, 6) is 1.01. The predicted octanol–water partition coefficient (Wildman–Crippen LogP) is 2.97. The van der Waals surface area contributed by atoms with E-state index in [0.717, 1.165) is 58.2 Å². The predicted molar refractivity (Wildman–Crippen MR) is 131 cm³/mol. The average molecular weight is 494 g/mol. The molecule has 190 valence electrons. The van der Waals surface area contributed by atoms with Crippen molar-refractivity contribution >= 4 is 15.9 Å². The summed E-state index contributed by atoms with van der Waals surface area (Å²) < 4.78 is 40.2. The number of methoxy groups -OCH3 is 2. The molecular weight excluding hydrogens is 454 g/mol. The van der Waals surface area contributed by atoms with Gasteiger partial charge in [-0.1, -0.05) is 19.8 Å². The molecule has 0 N–H and O–H groups in total. The standard InChI is InChI=1S/C25H39N3O5S/c1-5-27-14-12-19(13-15-27)26(2)25(29)22-16-18-8-6-7-9-21(18)28(22)34(30,31)20-10-11-23(32-3)24(17-20)33-4/h10-11,17-19,21-22H,5-9,12-16H2,1-4H3/t18-,21-,22-/m0/s1. The molecule has 9 heteroatoms. The smallest absolute Gasteiger partial charge is 0.244 e. The molecule has 34 heavy (non-hydrogen) atoms. The third kappa shape index (κ3) is 4.66. The van der Waals surface area contributed by atoms with Gasteiger partial charge in [0.25, 0.3) is 0 Å². The van der Waals surface area contributed by atoms with E-state index in [9.17, 15) is 13.2 Å². The number of amides is 1. The van der Waals surface area contributed by atoms with Crippen molar-refractivity contribution in [1.82, 2.24) is 14.1 Å². The van der Waals surface area contributed by atoms with E-state index in [1.54, 1.807) is 16.4 Å². The van der Waals surface area contributed by atoms with Crippen molar-refractivity contribution < 1.29 is 22.7 Å². The zero-order valence-corrected chi connectivity index (χ0v) is 21.7. The lowest BCUT2D eigenvalue weighted by atomic mass is 9.85. The lowest BCUT2D eigenvalue weighted by Crippen LogP contribution is -2.53. The quantitative estimate of drug-likeness (QED) is 0.581. The minimum Gasteiger partial charge on any atom is -0.493 e. The van der Waals surface area contributed by atoms with E-state index in [0.29, 0.717) is 17.9 Å². The molecule has 2 aliphatic heterocycles. The second-order valence-electron chi connectivity index (χ2n) is 9.83. The number of benzene rings is 1. The summed E-state index contributed by atoms with van der Waals surface area (Å²) >= 11 is 0. The lowest BCUT2D eigenvalue weighted by molar-refractivity contribution is -0.136. The lowest BCUT2D eigenvalue weighted by Gasteiger charge is -2.39. The molecule has 0 spiro atoms. The zero-order chi connectivity index (χ0) is 24.5. The van der Waals surface area contributed by atoms with Crippen molar-refractivity contribution in [2.75, 3.05) is 40.9 Å². The van der Waals surface area contributed by atoms with Crippen molar-refractivity contribution in [2.45, 2.75) is 74.9 Å². The van der Waals surface area contributed by atoms with Gasteiger partial charge in [-0.15, -0.1) is 0 Å². The van der Waals surface area contributed by atoms with E-state index < -0.39 is 16.1 Å². The van der Waals surface area contributed by atoms with E-state index in [1.165, 1.54) is 20.3 Å². The molecule has 4 rings (SSSR count). The van der Waals surface area contributed by atoms with E-state index in [1.807, 2.05) is 11.9 Å². The largest absolute Gasteiger partial charge is 0.493 e. The Morgan fingerprint density at radius 2 is 1.74 bits per heavy atom. The van der Waals surface area contributed by atoms with Gasteiger partial charge in [-0.3, -0.25) is 4.79 Å². The van der Waals surface area contributed by atoms with E-state index in [4.69, 9.17) is 9.47 Å². The first kappa shape index (κ1) is 25.3. The SMILES string of the molecule is CCN1CCC(N(C)C(=O)[C@@H]2C[C@@H]3CCCC[C@@H]3N2S(=O)(=O)c2ccc(OC)c(OC)c2)CC1. The molecule has 1 saturated carbocycles. The van der Waals surface area contributed by atoms with Gasteiger partial charge in [-0.2, -0.15) is 4.31 Å². The number of carbonyl (C=O) groups excluding carboxylic acids is 1. The average Bonchev–Trinajstić information content (AvgIpc) is 3.27. The topological polar surface area (TPSA) is 79.4 Å². The normalized spacial score (nSPS) is 26.8. The number of fused-ring (bicyclic) bond motifs is 1. The van der Waals surface area contributed by atoms with E-state index in [-0.39, 0.29) is 28.8 Å². The van der Waals surface area contributed by atoms with Crippen molar-refractivity contribution in [1.29, 1.82) is 0 Å². The number of hydrogen-bond donors (Lipinski definition) is 0. The molecule has 0 radical (unpaired) electrons. The van der Waals surface area contributed by atoms with Crippen LogP contribution in [0, 0.1) is 5.92 Å². The molecule has 0 aromatic heterocycles.